The zero-order valence-corrected chi connectivity index (χ0v) is 15.1. The Morgan fingerprint density at radius 3 is 2.75 bits per heavy atom. The molecule has 0 bridgehead atoms. The molecule has 0 radical (unpaired) electrons. The summed E-state index contributed by atoms with van der Waals surface area (Å²) in [6.45, 7) is 1.02. The average Bonchev–Trinajstić information content (AvgIpc) is 3.42. The van der Waals surface area contributed by atoms with Gasteiger partial charge >= 0.3 is 6.18 Å². The van der Waals surface area contributed by atoms with Crippen molar-refractivity contribution < 1.29 is 13.2 Å². The molecule has 2 aromatic heterocycles. The van der Waals surface area contributed by atoms with Gasteiger partial charge in [-0.05, 0) is 24.5 Å². The first-order valence-electron chi connectivity index (χ1n) is 9.41. The van der Waals surface area contributed by atoms with Gasteiger partial charge in [0.1, 0.15) is 0 Å². The van der Waals surface area contributed by atoms with E-state index in [1.165, 1.54) is 16.6 Å². The number of H-pyrrole nitrogens is 1. The highest BCUT2D eigenvalue weighted by Gasteiger charge is 2.34. The van der Waals surface area contributed by atoms with Crippen molar-refractivity contribution in [3.05, 3.63) is 68.8 Å². The molecule has 1 aromatic carbocycles. The number of nitrogens with one attached hydrogen (secondary N) is 1. The van der Waals surface area contributed by atoms with E-state index in [9.17, 15) is 18.0 Å². The SMILES string of the molecule is O=c1c2c(nc3cc(C4CC4)[nH]n13)CCN(Cc1ccccc1C(F)(F)F)C2. The van der Waals surface area contributed by atoms with Gasteiger partial charge in [0.2, 0.25) is 0 Å². The second-order valence-electron chi connectivity index (χ2n) is 7.64. The van der Waals surface area contributed by atoms with E-state index in [1.807, 2.05) is 11.0 Å². The summed E-state index contributed by atoms with van der Waals surface area (Å²) in [4.78, 5) is 19.5. The zero-order chi connectivity index (χ0) is 19.5. The number of fused-ring (bicyclic) bond motifs is 2. The Morgan fingerprint density at radius 1 is 1.21 bits per heavy atom. The van der Waals surface area contributed by atoms with Crippen molar-refractivity contribution in [3.63, 3.8) is 0 Å². The van der Waals surface area contributed by atoms with Crippen LogP contribution in [0.2, 0.25) is 0 Å². The largest absolute Gasteiger partial charge is 0.416 e. The summed E-state index contributed by atoms with van der Waals surface area (Å²) in [5.41, 5.74) is 2.43. The fraction of sp³-hybridized carbons (Fsp3) is 0.400. The van der Waals surface area contributed by atoms with E-state index in [4.69, 9.17) is 0 Å². The Kier molecular flexibility index (Phi) is 3.87. The zero-order valence-electron chi connectivity index (χ0n) is 15.1. The molecule has 5 rings (SSSR count). The van der Waals surface area contributed by atoms with Crippen LogP contribution in [0.25, 0.3) is 5.65 Å². The molecular formula is C20H19F3N4O. The number of rotatable bonds is 3. The van der Waals surface area contributed by atoms with E-state index in [0.29, 0.717) is 36.6 Å². The van der Waals surface area contributed by atoms with Gasteiger partial charge in [-0.15, -0.1) is 0 Å². The topological polar surface area (TPSA) is 53.4 Å². The summed E-state index contributed by atoms with van der Waals surface area (Å²) in [6, 6.07) is 7.55. The molecule has 5 nitrogen and oxygen atoms in total. The average molecular weight is 388 g/mol. The van der Waals surface area contributed by atoms with Gasteiger partial charge in [0, 0.05) is 43.7 Å². The Morgan fingerprint density at radius 2 is 2.00 bits per heavy atom. The van der Waals surface area contributed by atoms with Crippen LogP contribution in [0.5, 0.6) is 0 Å². The highest BCUT2D eigenvalue weighted by Crippen LogP contribution is 2.39. The monoisotopic (exact) mass is 388 g/mol. The van der Waals surface area contributed by atoms with Gasteiger partial charge in [-0.2, -0.15) is 13.2 Å². The third kappa shape index (κ3) is 3.01. The molecule has 8 heteroatoms. The van der Waals surface area contributed by atoms with Crippen LogP contribution in [0.15, 0.2) is 35.1 Å². The quantitative estimate of drug-likeness (QED) is 0.748. The highest BCUT2D eigenvalue weighted by atomic mass is 19.4. The molecule has 0 spiro atoms. The lowest BCUT2D eigenvalue weighted by atomic mass is 10.0. The second-order valence-corrected chi connectivity index (χ2v) is 7.64. The van der Waals surface area contributed by atoms with Crippen LogP contribution in [-0.2, 0) is 25.7 Å². The van der Waals surface area contributed by atoms with E-state index in [0.717, 1.165) is 30.3 Å². The first-order valence-corrected chi connectivity index (χ1v) is 9.41. The summed E-state index contributed by atoms with van der Waals surface area (Å²) in [6.07, 6.45) is -1.60. The van der Waals surface area contributed by atoms with Gasteiger partial charge in [0.25, 0.3) is 5.56 Å². The van der Waals surface area contributed by atoms with Crippen molar-refractivity contribution in [2.75, 3.05) is 6.54 Å². The lowest BCUT2D eigenvalue weighted by molar-refractivity contribution is -0.138. The lowest BCUT2D eigenvalue weighted by Gasteiger charge is -2.28. The maximum absolute atomic E-state index is 13.3. The van der Waals surface area contributed by atoms with Crippen LogP contribution >= 0.6 is 0 Å². The molecule has 1 aliphatic heterocycles. The minimum atomic E-state index is -4.39. The Balaban J connectivity index is 1.45. The lowest BCUT2D eigenvalue weighted by Crippen LogP contribution is -2.36. The first-order chi connectivity index (χ1) is 13.4. The smallest absolute Gasteiger partial charge is 0.294 e. The molecule has 0 atom stereocenters. The van der Waals surface area contributed by atoms with E-state index in [1.54, 1.807) is 6.07 Å². The number of nitrogens with zero attached hydrogens (tertiary/aromatic N) is 3. The Bertz CT molecular complexity index is 1110. The third-order valence-corrected chi connectivity index (χ3v) is 5.59. The number of halogens is 3. The normalized spacial score (nSPS) is 17.8. The maximum atomic E-state index is 13.3. The van der Waals surface area contributed by atoms with Crippen LogP contribution in [0.3, 0.4) is 0 Å². The van der Waals surface area contributed by atoms with E-state index >= 15 is 0 Å². The van der Waals surface area contributed by atoms with Gasteiger partial charge in [0.15, 0.2) is 5.65 Å². The molecule has 1 fully saturated rings. The van der Waals surface area contributed by atoms with Crippen molar-refractivity contribution in [2.45, 2.75) is 44.4 Å². The minimum absolute atomic E-state index is 0.148. The summed E-state index contributed by atoms with van der Waals surface area (Å²) in [5, 5.41) is 3.14. The molecule has 146 valence electrons. The molecule has 1 aliphatic carbocycles. The molecule has 28 heavy (non-hydrogen) atoms. The molecule has 1 saturated carbocycles. The molecule has 0 saturated heterocycles. The fourth-order valence-corrected chi connectivity index (χ4v) is 3.97. The fourth-order valence-electron chi connectivity index (χ4n) is 3.97. The number of aromatic amines is 1. The van der Waals surface area contributed by atoms with Gasteiger partial charge in [-0.3, -0.25) is 14.8 Å². The molecule has 1 N–H and O–H groups in total. The predicted molar refractivity (Wildman–Crippen MR) is 97.0 cm³/mol. The molecular weight excluding hydrogens is 369 g/mol. The van der Waals surface area contributed by atoms with Gasteiger partial charge in [-0.25, -0.2) is 9.50 Å². The highest BCUT2D eigenvalue weighted by molar-refractivity contribution is 5.44. The van der Waals surface area contributed by atoms with Crippen molar-refractivity contribution in [2.24, 2.45) is 0 Å². The van der Waals surface area contributed by atoms with Gasteiger partial charge < -0.3 is 0 Å². The van der Waals surface area contributed by atoms with E-state index in [-0.39, 0.29) is 17.7 Å². The summed E-state index contributed by atoms with van der Waals surface area (Å²) < 4.78 is 41.3. The van der Waals surface area contributed by atoms with Crippen molar-refractivity contribution in [3.8, 4) is 0 Å². The van der Waals surface area contributed by atoms with Crippen molar-refractivity contribution in [1.29, 1.82) is 0 Å². The predicted octanol–water partition coefficient (Wildman–Crippen LogP) is 3.48. The van der Waals surface area contributed by atoms with Crippen LogP contribution in [0, 0.1) is 0 Å². The number of benzene rings is 1. The number of hydrogen-bond donors (Lipinski definition) is 1. The third-order valence-electron chi connectivity index (χ3n) is 5.59. The maximum Gasteiger partial charge on any atom is 0.416 e. The standard InChI is InChI=1S/C20H19F3N4O/c21-20(22,23)15-4-2-1-3-13(15)10-26-8-7-16-14(11-26)19(28)27-18(24-16)9-17(25-27)12-5-6-12/h1-4,9,12,25H,5-8,10-11H2. The molecule has 3 aromatic rings. The van der Waals surface area contributed by atoms with E-state index in [2.05, 4.69) is 10.1 Å². The molecule has 0 unspecified atom stereocenters. The summed E-state index contributed by atoms with van der Waals surface area (Å²) in [5.74, 6) is 0.480. The molecule has 3 heterocycles. The molecule has 2 aliphatic rings. The van der Waals surface area contributed by atoms with Crippen LogP contribution in [0.1, 0.15) is 46.8 Å². The number of hydrogen-bond acceptors (Lipinski definition) is 3. The van der Waals surface area contributed by atoms with Gasteiger partial charge in [-0.1, -0.05) is 18.2 Å². The first kappa shape index (κ1) is 17.5. The van der Waals surface area contributed by atoms with Gasteiger partial charge in [0.05, 0.1) is 16.8 Å². The molecule has 0 amide bonds. The second kappa shape index (κ2) is 6.20. The Hall–Kier alpha value is -2.61. The van der Waals surface area contributed by atoms with Crippen molar-refractivity contribution >= 4 is 5.65 Å². The summed E-state index contributed by atoms with van der Waals surface area (Å²) in [7, 11) is 0. The van der Waals surface area contributed by atoms with E-state index < -0.39 is 11.7 Å². The van der Waals surface area contributed by atoms with Crippen LogP contribution in [0.4, 0.5) is 13.2 Å². The number of alkyl halides is 3. The van der Waals surface area contributed by atoms with Crippen LogP contribution < -0.4 is 5.56 Å². The van der Waals surface area contributed by atoms with Crippen molar-refractivity contribution in [1.82, 2.24) is 19.5 Å². The summed E-state index contributed by atoms with van der Waals surface area (Å²) >= 11 is 0. The van der Waals surface area contributed by atoms with Crippen LogP contribution in [-0.4, -0.2) is 26.0 Å². The number of aromatic nitrogens is 3. The Labute approximate surface area is 158 Å². The minimum Gasteiger partial charge on any atom is -0.294 e.